The molecule has 1 aromatic heterocycles. The fraction of sp³-hybridized carbons (Fsp3) is 0.733. The van der Waals surface area contributed by atoms with Crippen LogP contribution in [0.25, 0.3) is 0 Å². The van der Waals surface area contributed by atoms with Crippen LogP contribution in [0.5, 0.6) is 0 Å². The van der Waals surface area contributed by atoms with Crippen molar-refractivity contribution in [1.82, 2.24) is 9.88 Å². The van der Waals surface area contributed by atoms with Gasteiger partial charge in [-0.2, -0.15) is 0 Å². The van der Waals surface area contributed by atoms with Crippen molar-refractivity contribution in [2.75, 3.05) is 38.6 Å². The number of likely N-dealkylation sites (tertiary alicyclic amines) is 1. The van der Waals surface area contributed by atoms with E-state index in [1.165, 1.54) is 24.2 Å². The number of hydrogen-bond acceptors (Lipinski definition) is 5. The van der Waals surface area contributed by atoms with Crippen LogP contribution in [0.1, 0.15) is 47.0 Å². The fourth-order valence-electron chi connectivity index (χ4n) is 2.98. The molecule has 116 valence electrons. The molecule has 1 saturated carbocycles. The smallest absolute Gasteiger partial charge is 0.347 e. The summed E-state index contributed by atoms with van der Waals surface area (Å²) in [6.45, 7) is 3.29. The second kappa shape index (κ2) is 5.93. The average Bonchev–Trinajstić information content (AvgIpc) is 3.19. The summed E-state index contributed by atoms with van der Waals surface area (Å²) in [5, 5.41) is 10.2. The Morgan fingerprint density at radius 1 is 1.38 bits per heavy atom. The van der Waals surface area contributed by atoms with Gasteiger partial charge in [-0.1, -0.05) is 11.3 Å². The van der Waals surface area contributed by atoms with Crippen molar-refractivity contribution < 1.29 is 9.90 Å². The molecule has 2 fully saturated rings. The zero-order chi connectivity index (χ0) is 15.0. The summed E-state index contributed by atoms with van der Waals surface area (Å²) in [5.41, 5.74) is 0.817. The predicted octanol–water partition coefficient (Wildman–Crippen LogP) is 2.50. The zero-order valence-electron chi connectivity index (χ0n) is 12.7. The van der Waals surface area contributed by atoms with Gasteiger partial charge in [-0.05, 0) is 51.7 Å². The molecule has 1 aliphatic carbocycles. The molecule has 2 aliphatic rings. The first kappa shape index (κ1) is 14.8. The number of carbonyl (C=O) groups is 1. The molecular weight excluding hydrogens is 286 g/mol. The van der Waals surface area contributed by atoms with Crippen LogP contribution in [-0.4, -0.2) is 54.7 Å². The largest absolute Gasteiger partial charge is 0.477 e. The normalized spacial score (nSPS) is 20.7. The van der Waals surface area contributed by atoms with Gasteiger partial charge in [-0.25, -0.2) is 9.78 Å². The van der Waals surface area contributed by atoms with Gasteiger partial charge in [0.2, 0.25) is 0 Å². The molecule has 0 unspecified atom stereocenters. The summed E-state index contributed by atoms with van der Waals surface area (Å²) in [5.74, 6) is 0.249. The van der Waals surface area contributed by atoms with Crippen LogP contribution in [0.3, 0.4) is 0 Å². The van der Waals surface area contributed by atoms with Crippen LogP contribution < -0.4 is 4.90 Å². The number of carboxylic acid groups (broad SMARTS) is 1. The van der Waals surface area contributed by atoms with Gasteiger partial charge in [0, 0.05) is 19.5 Å². The van der Waals surface area contributed by atoms with E-state index in [-0.39, 0.29) is 0 Å². The molecule has 6 heteroatoms. The molecular formula is C15H23N3O2S. The summed E-state index contributed by atoms with van der Waals surface area (Å²) in [7, 11) is 4.21. The molecule has 1 N–H and O–H groups in total. The van der Waals surface area contributed by atoms with E-state index in [0.717, 1.165) is 43.3 Å². The number of anilines is 1. The van der Waals surface area contributed by atoms with Crippen LogP contribution in [-0.2, 0) is 0 Å². The summed E-state index contributed by atoms with van der Waals surface area (Å²) in [4.78, 5) is 21.0. The van der Waals surface area contributed by atoms with E-state index in [1.54, 1.807) is 0 Å². The highest BCUT2D eigenvalue weighted by Gasteiger charge is 2.33. The second-order valence-corrected chi connectivity index (χ2v) is 7.39. The minimum Gasteiger partial charge on any atom is -0.477 e. The maximum Gasteiger partial charge on any atom is 0.347 e. The molecule has 1 aliphatic heterocycles. The molecule has 21 heavy (non-hydrogen) atoms. The molecule has 0 aromatic carbocycles. The van der Waals surface area contributed by atoms with E-state index >= 15 is 0 Å². The van der Waals surface area contributed by atoms with Crippen molar-refractivity contribution >= 4 is 22.4 Å². The Labute approximate surface area is 129 Å². The Morgan fingerprint density at radius 2 is 2.05 bits per heavy atom. The third-order valence-corrected chi connectivity index (χ3v) is 5.67. The van der Waals surface area contributed by atoms with Crippen molar-refractivity contribution in [2.45, 2.75) is 31.6 Å². The first-order valence-electron chi connectivity index (χ1n) is 7.68. The zero-order valence-corrected chi connectivity index (χ0v) is 13.5. The van der Waals surface area contributed by atoms with Crippen LogP contribution in [0.2, 0.25) is 0 Å². The predicted molar refractivity (Wildman–Crippen MR) is 84.5 cm³/mol. The minimum atomic E-state index is -0.826. The highest BCUT2D eigenvalue weighted by molar-refractivity contribution is 7.17. The number of rotatable bonds is 5. The first-order chi connectivity index (χ1) is 10.0. The molecule has 0 spiro atoms. The van der Waals surface area contributed by atoms with Crippen LogP contribution in [0.15, 0.2) is 0 Å². The minimum absolute atomic E-state index is 0.387. The maximum absolute atomic E-state index is 11.4. The lowest BCUT2D eigenvalue weighted by Crippen LogP contribution is -2.35. The Bertz CT molecular complexity index is 519. The Balaban J connectivity index is 1.68. The standard InChI is InChI=1S/C15H23N3O2S/c1-17-7-5-10(6-8-17)9-18(2)15-16-12(11-3-4-11)13(21-15)14(19)20/h10-11H,3-9H2,1-2H3,(H,19,20). The number of carboxylic acids is 1. The van der Waals surface area contributed by atoms with Crippen LogP contribution >= 0.6 is 11.3 Å². The van der Waals surface area contributed by atoms with E-state index in [0.29, 0.717) is 16.7 Å². The van der Waals surface area contributed by atoms with Crippen molar-refractivity contribution in [2.24, 2.45) is 5.92 Å². The van der Waals surface area contributed by atoms with Gasteiger partial charge in [-0.3, -0.25) is 0 Å². The molecule has 0 amide bonds. The van der Waals surface area contributed by atoms with E-state index in [1.807, 2.05) is 7.05 Å². The van der Waals surface area contributed by atoms with Gasteiger partial charge in [-0.15, -0.1) is 0 Å². The van der Waals surface area contributed by atoms with Crippen molar-refractivity contribution in [1.29, 1.82) is 0 Å². The van der Waals surface area contributed by atoms with Crippen molar-refractivity contribution in [3.63, 3.8) is 0 Å². The van der Waals surface area contributed by atoms with Crippen LogP contribution in [0, 0.1) is 5.92 Å². The van der Waals surface area contributed by atoms with E-state index in [2.05, 4.69) is 21.8 Å². The lowest BCUT2D eigenvalue weighted by Gasteiger charge is -2.31. The topological polar surface area (TPSA) is 56.7 Å². The number of thiazole rings is 1. The van der Waals surface area contributed by atoms with Gasteiger partial charge >= 0.3 is 5.97 Å². The average molecular weight is 309 g/mol. The molecule has 5 nitrogen and oxygen atoms in total. The maximum atomic E-state index is 11.4. The Morgan fingerprint density at radius 3 is 2.62 bits per heavy atom. The highest BCUT2D eigenvalue weighted by Crippen LogP contribution is 2.44. The van der Waals surface area contributed by atoms with Gasteiger partial charge in [0.15, 0.2) is 5.13 Å². The van der Waals surface area contributed by atoms with E-state index < -0.39 is 5.97 Å². The van der Waals surface area contributed by atoms with E-state index in [4.69, 9.17) is 0 Å². The number of hydrogen-bond donors (Lipinski definition) is 1. The Kier molecular flexibility index (Phi) is 4.17. The summed E-state index contributed by atoms with van der Waals surface area (Å²) < 4.78 is 0. The quantitative estimate of drug-likeness (QED) is 0.905. The van der Waals surface area contributed by atoms with Crippen LogP contribution in [0.4, 0.5) is 5.13 Å². The summed E-state index contributed by atoms with van der Waals surface area (Å²) in [6, 6.07) is 0. The molecule has 0 bridgehead atoms. The molecule has 2 heterocycles. The molecule has 3 rings (SSSR count). The SMILES string of the molecule is CN1CCC(CN(C)c2nc(C3CC3)c(C(=O)O)s2)CC1. The van der Waals surface area contributed by atoms with Crippen molar-refractivity contribution in [3.8, 4) is 0 Å². The molecule has 0 atom stereocenters. The number of piperidine rings is 1. The first-order valence-corrected chi connectivity index (χ1v) is 8.50. The van der Waals surface area contributed by atoms with Gasteiger partial charge in [0.05, 0.1) is 5.69 Å². The fourth-order valence-corrected chi connectivity index (χ4v) is 3.94. The third-order valence-electron chi connectivity index (χ3n) is 4.50. The molecule has 1 aromatic rings. The lowest BCUT2D eigenvalue weighted by atomic mass is 9.97. The lowest BCUT2D eigenvalue weighted by molar-refractivity contribution is 0.0700. The summed E-state index contributed by atoms with van der Waals surface area (Å²) >= 11 is 1.34. The Hall–Kier alpha value is -1.14. The molecule has 1 saturated heterocycles. The van der Waals surface area contributed by atoms with Gasteiger partial charge in [0.1, 0.15) is 4.88 Å². The third kappa shape index (κ3) is 3.37. The number of aromatic carboxylic acids is 1. The van der Waals surface area contributed by atoms with E-state index in [9.17, 15) is 9.90 Å². The highest BCUT2D eigenvalue weighted by atomic mass is 32.1. The summed E-state index contributed by atoms with van der Waals surface area (Å²) in [6.07, 6.45) is 4.60. The second-order valence-electron chi connectivity index (χ2n) is 6.42. The van der Waals surface area contributed by atoms with Gasteiger partial charge < -0.3 is 14.9 Å². The van der Waals surface area contributed by atoms with Crippen molar-refractivity contribution in [3.05, 3.63) is 10.6 Å². The monoisotopic (exact) mass is 309 g/mol. The van der Waals surface area contributed by atoms with Gasteiger partial charge in [0.25, 0.3) is 0 Å². The number of aromatic nitrogens is 1. The molecule has 0 radical (unpaired) electrons. The number of nitrogens with zero attached hydrogens (tertiary/aromatic N) is 3.